The maximum Gasteiger partial charge on any atom is 0.0208 e. The van der Waals surface area contributed by atoms with Crippen LogP contribution in [0.3, 0.4) is 0 Å². The smallest absolute Gasteiger partial charge is 0.0208 e. The molecule has 0 bridgehead atoms. The normalized spacial score (nSPS) is 20.6. The van der Waals surface area contributed by atoms with Crippen LogP contribution < -0.4 is 5.32 Å². The zero-order valence-corrected chi connectivity index (χ0v) is 9.74. The first-order valence-electron chi connectivity index (χ1n) is 6.34. The molecular formula is C16H15N. The summed E-state index contributed by atoms with van der Waals surface area (Å²) >= 11 is 0. The molecule has 2 aromatic carbocycles. The Morgan fingerprint density at radius 1 is 0.882 bits per heavy atom. The van der Waals surface area contributed by atoms with E-state index in [1.54, 1.807) is 5.56 Å². The highest BCUT2D eigenvalue weighted by atomic mass is 14.9. The maximum absolute atomic E-state index is 3.53. The van der Waals surface area contributed by atoms with Crippen LogP contribution in [0.4, 0.5) is 0 Å². The standard InChI is InChI=1S/C16H15N/c1-2-6-14-11(4-1)8-13-10-17-9-12-5-3-7-15(14)16(12)13/h1-7,13,17H,8-10H2. The maximum atomic E-state index is 3.53. The molecule has 2 aliphatic rings. The minimum absolute atomic E-state index is 0.671. The summed E-state index contributed by atoms with van der Waals surface area (Å²) in [6.07, 6.45) is 1.19. The molecule has 0 spiro atoms. The second-order valence-corrected chi connectivity index (χ2v) is 5.07. The number of rotatable bonds is 0. The van der Waals surface area contributed by atoms with Crippen molar-refractivity contribution in [1.29, 1.82) is 0 Å². The molecule has 1 heteroatoms. The lowest BCUT2D eigenvalue weighted by Gasteiger charge is -2.33. The summed E-state index contributed by atoms with van der Waals surface area (Å²) in [5.41, 5.74) is 7.52. The Morgan fingerprint density at radius 3 is 2.71 bits per heavy atom. The molecule has 17 heavy (non-hydrogen) atoms. The summed E-state index contributed by atoms with van der Waals surface area (Å²) in [6.45, 7) is 2.15. The van der Waals surface area contributed by atoms with Crippen molar-refractivity contribution in [2.45, 2.75) is 18.9 Å². The van der Waals surface area contributed by atoms with Gasteiger partial charge in [-0.15, -0.1) is 0 Å². The van der Waals surface area contributed by atoms with Crippen molar-refractivity contribution in [3.8, 4) is 11.1 Å². The van der Waals surface area contributed by atoms with Crippen molar-refractivity contribution in [1.82, 2.24) is 5.32 Å². The van der Waals surface area contributed by atoms with Gasteiger partial charge in [-0.3, -0.25) is 0 Å². The van der Waals surface area contributed by atoms with E-state index in [0.717, 1.165) is 13.1 Å². The quantitative estimate of drug-likeness (QED) is 0.721. The molecule has 1 nitrogen and oxygen atoms in total. The second kappa shape index (κ2) is 3.44. The van der Waals surface area contributed by atoms with Gasteiger partial charge < -0.3 is 5.32 Å². The minimum atomic E-state index is 0.671. The lowest BCUT2D eigenvalue weighted by Crippen LogP contribution is -2.31. The molecule has 4 rings (SSSR count). The van der Waals surface area contributed by atoms with Crippen LogP contribution in [-0.4, -0.2) is 6.54 Å². The summed E-state index contributed by atoms with van der Waals surface area (Å²) in [6, 6.07) is 15.6. The van der Waals surface area contributed by atoms with Gasteiger partial charge in [-0.05, 0) is 34.2 Å². The summed E-state index contributed by atoms with van der Waals surface area (Å²) in [5.74, 6) is 0.671. The number of benzene rings is 2. The number of nitrogens with one attached hydrogen (secondary N) is 1. The molecule has 0 fully saturated rings. The predicted octanol–water partition coefficient (Wildman–Crippen LogP) is 3.10. The molecule has 1 atom stereocenters. The molecule has 0 aromatic heterocycles. The Balaban J connectivity index is 2.04. The molecule has 0 saturated heterocycles. The molecule has 1 unspecified atom stereocenters. The zero-order valence-electron chi connectivity index (χ0n) is 9.74. The van der Waals surface area contributed by atoms with Crippen molar-refractivity contribution >= 4 is 0 Å². The number of fused-ring (bicyclic) bond motifs is 2. The average Bonchev–Trinajstić information content (AvgIpc) is 2.39. The van der Waals surface area contributed by atoms with E-state index in [1.807, 2.05) is 0 Å². The molecule has 1 aliphatic heterocycles. The van der Waals surface area contributed by atoms with E-state index < -0.39 is 0 Å². The van der Waals surface area contributed by atoms with Crippen LogP contribution in [0, 0.1) is 0 Å². The van der Waals surface area contributed by atoms with Gasteiger partial charge in [0.05, 0.1) is 0 Å². The molecule has 0 radical (unpaired) electrons. The van der Waals surface area contributed by atoms with Crippen LogP contribution in [0.2, 0.25) is 0 Å². The fourth-order valence-electron chi connectivity index (χ4n) is 3.37. The van der Waals surface area contributed by atoms with Crippen LogP contribution in [0.15, 0.2) is 42.5 Å². The van der Waals surface area contributed by atoms with E-state index in [9.17, 15) is 0 Å². The van der Waals surface area contributed by atoms with Crippen LogP contribution in [0.25, 0.3) is 11.1 Å². The first-order chi connectivity index (χ1) is 8.43. The number of hydrogen-bond donors (Lipinski definition) is 1. The molecule has 84 valence electrons. The fraction of sp³-hybridized carbons (Fsp3) is 0.250. The molecule has 1 aliphatic carbocycles. The molecule has 2 aromatic rings. The van der Waals surface area contributed by atoms with Gasteiger partial charge in [0, 0.05) is 19.0 Å². The van der Waals surface area contributed by atoms with Gasteiger partial charge in [0.25, 0.3) is 0 Å². The van der Waals surface area contributed by atoms with E-state index >= 15 is 0 Å². The Morgan fingerprint density at radius 2 is 1.71 bits per heavy atom. The van der Waals surface area contributed by atoms with Crippen molar-refractivity contribution in [2.24, 2.45) is 0 Å². The molecule has 1 N–H and O–H groups in total. The SMILES string of the molecule is c1ccc2c(c1)CC1CNCc3cccc-2c31. The monoisotopic (exact) mass is 221 g/mol. The molecular weight excluding hydrogens is 206 g/mol. The summed E-state index contributed by atoms with van der Waals surface area (Å²) in [4.78, 5) is 0. The zero-order chi connectivity index (χ0) is 11.2. The average molecular weight is 221 g/mol. The Kier molecular flexibility index (Phi) is 1.91. The third-order valence-electron chi connectivity index (χ3n) is 4.08. The third kappa shape index (κ3) is 1.29. The first-order valence-corrected chi connectivity index (χ1v) is 6.34. The van der Waals surface area contributed by atoms with E-state index in [2.05, 4.69) is 47.8 Å². The Labute approximate surface area is 101 Å². The van der Waals surface area contributed by atoms with Crippen molar-refractivity contribution in [3.63, 3.8) is 0 Å². The first kappa shape index (κ1) is 9.43. The van der Waals surface area contributed by atoms with Gasteiger partial charge in [0.2, 0.25) is 0 Å². The second-order valence-electron chi connectivity index (χ2n) is 5.07. The van der Waals surface area contributed by atoms with Gasteiger partial charge in [0.1, 0.15) is 0 Å². The Bertz CT molecular complexity index is 586. The third-order valence-corrected chi connectivity index (χ3v) is 4.08. The minimum Gasteiger partial charge on any atom is -0.312 e. The fourth-order valence-corrected chi connectivity index (χ4v) is 3.37. The van der Waals surface area contributed by atoms with Gasteiger partial charge in [0.15, 0.2) is 0 Å². The molecule has 1 heterocycles. The van der Waals surface area contributed by atoms with Crippen LogP contribution in [-0.2, 0) is 13.0 Å². The topological polar surface area (TPSA) is 12.0 Å². The van der Waals surface area contributed by atoms with Gasteiger partial charge in [-0.2, -0.15) is 0 Å². The Hall–Kier alpha value is -1.60. The summed E-state index contributed by atoms with van der Waals surface area (Å²) in [7, 11) is 0. The van der Waals surface area contributed by atoms with E-state index in [-0.39, 0.29) is 0 Å². The van der Waals surface area contributed by atoms with E-state index in [0.29, 0.717) is 5.92 Å². The van der Waals surface area contributed by atoms with E-state index in [4.69, 9.17) is 0 Å². The van der Waals surface area contributed by atoms with Crippen LogP contribution in [0.1, 0.15) is 22.6 Å². The lowest BCUT2D eigenvalue weighted by atomic mass is 9.75. The van der Waals surface area contributed by atoms with Gasteiger partial charge in [-0.25, -0.2) is 0 Å². The van der Waals surface area contributed by atoms with Gasteiger partial charge >= 0.3 is 0 Å². The van der Waals surface area contributed by atoms with Gasteiger partial charge in [-0.1, -0.05) is 42.5 Å². The largest absolute Gasteiger partial charge is 0.312 e. The predicted molar refractivity (Wildman–Crippen MR) is 70.0 cm³/mol. The van der Waals surface area contributed by atoms with Crippen LogP contribution in [0.5, 0.6) is 0 Å². The highest BCUT2D eigenvalue weighted by molar-refractivity contribution is 5.75. The molecule has 0 saturated carbocycles. The highest BCUT2D eigenvalue weighted by Crippen LogP contribution is 2.42. The lowest BCUT2D eigenvalue weighted by molar-refractivity contribution is 0.536. The van der Waals surface area contributed by atoms with Crippen molar-refractivity contribution in [3.05, 3.63) is 59.2 Å². The summed E-state index contributed by atoms with van der Waals surface area (Å²) < 4.78 is 0. The van der Waals surface area contributed by atoms with Crippen molar-refractivity contribution < 1.29 is 0 Å². The summed E-state index contributed by atoms with van der Waals surface area (Å²) in [5, 5.41) is 3.53. The van der Waals surface area contributed by atoms with E-state index in [1.165, 1.54) is 28.7 Å². The number of hydrogen-bond acceptors (Lipinski definition) is 1. The molecule has 0 amide bonds. The highest BCUT2D eigenvalue weighted by Gasteiger charge is 2.28. The van der Waals surface area contributed by atoms with Crippen LogP contribution >= 0.6 is 0 Å². The van der Waals surface area contributed by atoms with Crippen molar-refractivity contribution in [2.75, 3.05) is 6.54 Å².